The van der Waals surface area contributed by atoms with E-state index in [1.54, 1.807) is 12.1 Å². The molecule has 110 valence electrons. The smallest absolute Gasteiger partial charge is 0.223 e. The summed E-state index contributed by atoms with van der Waals surface area (Å²) in [6.07, 6.45) is 2.75. The van der Waals surface area contributed by atoms with Crippen molar-refractivity contribution >= 4 is 5.95 Å². The fourth-order valence-electron chi connectivity index (χ4n) is 2.30. The summed E-state index contributed by atoms with van der Waals surface area (Å²) in [6.45, 7) is 1.36. The molecule has 1 aliphatic heterocycles. The summed E-state index contributed by atoms with van der Waals surface area (Å²) in [4.78, 5) is 8.05. The first-order chi connectivity index (χ1) is 10.2. The largest absolute Gasteiger partial charge is 0.381 e. The van der Waals surface area contributed by atoms with Gasteiger partial charge in [0, 0.05) is 24.8 Å². The van der Waals surface area contributed by atoms with Gasteiger partial charge in [0.15, 0.2) is 5.82 Å². The zero-order chi connectivity index (χ0) is 14.7. The van der Waals surface area contributed by atoms with Crippen LogP contribution in [0.4, 0.5) is 14.7 Å². The van der Waals surface area contributed by atoms with Crippen LogP contribution in [0.1, 0.15) is 12.8 Å². The van der Waals surface area contributed by atoms with Crippen LogP contribution in [-0.4, -0.2) is 29.2 Å². The first-order valence-corrected chi connectivity index (χ1v) is 6.86. The number of rotatable bonds is 3. The Kier molecular flexibility index (Phi) is 4.06. The molecule has 2 heterocycles. The molecule has 1 N–H and O–H groups in total. The normalized spacial score (nSPS) is 15.9. The fourth-order valence-corrected chi connectivity index (χ4v) is 2.30. The van der Waals surface area contributed by atoms with E-state index in [0.29, 0.717) is 19.2 Å². The van der Waals surface area contributed by atoms with Gasteiger partial charge in [-0.05, 0) is 25.0 Å². The van der Waals surface area contributed by atoms with Gasteiger partial charge in [0.25, 0.3) is 0 Å². The molecule has 0 spiro atoms. The van der Waals surface area contributed by atoms with E-state index in [4.69, 9.17) is 4.74 Å². The SMILES string of the molecule is Fc1ccccc1-c1nc(NC2CCOCC2)ncc1F. The Bertz CT molecular complexity index is 630. The van der Waals surface area contributed by atoms with E-state index in [-0.39, 0.29) is 17.3 Å². The summed E-state index contributed by atoms with van der Waals surface area (Å²) in [7, 11) is 0. The predicted octanol–water partition coefficient (Wildman–Crippen LogP) is 3.01. The molecule has 0 atom stereocenters. The second-order valence-electron chi connectivity index (χ2n) is 4.90. The van der Waals surface area contributed by atoms with Crippen molar-refractivity contribution < 1.29 is 13.5 Å². The Labute approximate surface area is 121 Å². The predicted molar refractivity (Wildman–Crippen MR) is 74.8 cm³/mol. The molecule has 0 saturated carbocycles. The molecule has 0 amide bonds. The van der Waals surface area contributed by atoms with Gasteiger partial charge >= 0.3 is 0 Å². The van der Waals surface area contributed by atoms with Crippen molar-refractivity contribution in [2.24, 2.45) is 0 Å². The minimum absolute atomic E-state index is 0.0299. The standard InChI is InChI=1S/C15H15F2N3O/c16-12-4-2-1-3-11(12)14-13(17)9-18-15(20-14)19-10-5-7-21-8-6-10/h1-4,9-10H,5-8H2,(H,18,19,20). The Morgan fingerprint density at radius 2 is 1.86 bits per heavy atom. The van der Waals surface area contributed by atoms with Crippen LogP contribution in [0.5, 0.6) is 0 Å². The maximum absolute atomic E-state index is 13.9. The number of anilines is 1. The van der Waals surface area contributed by atoms with Crippen molar-refractivity contribution in [1.29, 1.82) is 0 Å². The molecule has 21 heavy (non-hydrogen) atoms. The van der Waals surface area contributed by atoms with Crippen LogP contribution < -0.4 is 5.32 Å². The average molecular weight is 291 g/mol. The second-order valence-corrected chi connectivity index (χ2v) is 4.90. The first kappa shape index (κ1) is 13.9. The van der Waals surface area contributed by atoms with Crippen molar-refractivity contribution in [3.63, 3.8) is 0 Å². The molecule has 1 fully saturated rings. The summed E-state index contributed by atoms with van der Waals surface area (Å²) >= 11 is 0. The van der Waals surface area contributed by atoms with Gasteiger partial charge in [0.1, 0.15) is 11.5 Å². The van der Waals surface area contributed by atoms with E-state index >= 15 is 0 Å². The third-order valence-corrected chi connectivity index (χ3v) is 3.43. The van der Waals surface area contributed by atoms with Crippen molar-refractivity contribution in [3.8, 4) is 11.3 Å². The summed E-state index contributed by atoms with van der Waals surface area (Å²) in [5.74, 6) is -0.841. The van der Waals surface area contributed by atoms with Gasteiger partial charge < -0.3 is 10.1 Å². The number of hydrogen-bond acceptors (Lipinski definition) is 4. The lowest BCUT2D eigenvalue weighted by molar-refractivity contribution is 0.0903. The average Bonchev–Trinajstić information content (AvgIpc) is 2.51. The molecule has 1 saturated heterocycles. The van der Waals surface area contributed by atoms with Crippen LogP contribution in [0.2, 0.25) is 0 Å². The van der Waals surface area contributed by atoms with Gasteiger partial charge in [-0.15, -0.1) is 0 Å². The Morgan fingerprint density at radius 1 is 1.10 bits per heavy atom. The van der Waals surface area contributed by atoms with Crippen molar-refractivity contribution in [3.05, 3.63) is 42.1 Å². The third kappa shape index (κ3) is 3.16. The molecule has 3 rings (SSSR count). The molecule has 1 aliphatic rings. The van der Waals surface area contributed by atoms with Crippen LogP contribution >= 0.6 is 0 Å². The van der Waals surface area contributed by atoms with Crippen LogP contribution in [-0.2, 0) is 4.74 Å². The Balaban J connectivity index is 1.87. The third-order valence-electron chi connectivity index (χ3n) is 3.43. The van der Waals surface area contributed by atoms with Gasteiger partial charge in [-0.3, -0.25) is 0 Å². The topological polar surface area (TPSA) is 47.0 Å². The van der Waals surface area contributed by atoms with Gasteiger partial charge in [-0.1, -0.05) is 12.1 Å². The molecule has 1 aromatic carbocycles. The number of nitrogens with one attached hydrogen (secondary N) is 1. The van der Waals surface area contributed by atoms with Crippen LogP contribution in [0.15, 0.2) is 30.5 Å². The molecule has 0 unspecified atom stereocenters. The summed E-state index contributed by atoms with van der Waals surface area (Å²) in [5.41, 5.74) is 0.102. The highest BCUT2D eigenvalue weighted by Gasteiger charge is 2.17. The number of benzene rings is 1. The molecule has 4 nitrogen and oxygen atoms in total. The molecule has 1 aromatic heterocycles. The van der Waals surface area contributed by atoms with E-state index in [0.717, 1.165) is 19.0 Å². The van der Waals surface area contributed by atoms with Crippen LogP contribution in [0, 0.1) is 11.6 Å². The number of halogens is 2. The maximum atomic E-state index is 13.9. The minimum Gasteiger partial charge on any atom is -0.381 e. The number of hydrogen-bond donors (Lipinski definition) is 1. The molecular weight excluding hydrogens is 276 g/mol. The first-order valence-electron chi connectivity index (χ1n) is 6.86. The van der Waals surface area contributed by atoms with E-state index in [9.17, 15) is 8.78 Å². The minimum atomic E-state index is -0.641. The quantitative estimate of drug-likeness (QED) is 0.944. The highest BCUT2D eigenvalue weighted by Crippen LogP contribution is 2.24. The van der Waals surface area contributed by atoms with E-state index in [1.807, 2.05) is 0 Å². The lowest BCUT2D eigenvalue weighted by atomic mass is 10.1. The molecule has 6 heteroatoms. The van der Waals surface area contributed by atoms with Crippen LogP contribution in [0.25, 0.3) is 11.3 Å². The summed E-state index contributed by atoms with van der Waals surface area (Å²) in [5, 5.41) is 3.15. The van der Waals surface area contributed by atoms with E-state index in [2.05, 4.69) is 15.3 Å². The summed E-state index contributed by atoms with van der Waals surface area (Å²) in [6, 6.07) is 6.17. The van der Waals surface area contributed by atoms with E-state index in [1.165, 1.54) is 12.1 Å². The number of nitrogens with zero attached hydrogens (tertiary/aromatic N) is 2. The molecule has 0 aliphatic carbocycles. The highest BCUT2D eigenvalue weighted by molar-refractivity contribution is 5.61. The lowest BCUT2D eigenvalue weighted by Gasteiger charge is -2.23. The number of ether oxygens (including phenoxy) is 1. The van der Waals surface area contributed by atoms with Crippen molar-refractivity contribution in [2.45, 2.75) is 18.9 Å². The Hall–Kier alpha value is -2.08. The Morgan fingerprint density at radius 3 is 2.62 bits per heavy atom. The molecule has 0 bridgehead atoms. The number of aromatic nitrogens is 2. The monoisotopic (exact) mass is 291 g/mol. The summed E-state index contributed by atoms with van der Waals surface area (Å²) < 4.78 is 32.9. The lowest BCUT2D eigenvalue weighted by Crippen LogP contribution is -2.28. The zero-order valence-electron chi connectivity index (χ0n) is 11.4. The van der Waals surface area contributed by atoms with Crippen molar-refractivity contribution in [2.75, 3.05) is 18.5 Å². The van der Waals surface area contributed by atoms with Gasteiger partial charge in [0.2, 0.25) is 5.95 Å². The molecule has 0 radical (unpaired) electrons. The van der Waals surface area contributed by atoms with Gasteiger partial charge in [0.05, 0.1) is 6.20 Å². The second kappa shape index (κ2) is 6.13. The van der Waals surface area contributed by atoms with E-state index < -0.39 is 11.6 Å². The molecular formula is C15H15F2N3O. The van der Waals surface area contributed by atoms with Crippen LogP contribution in [0.3, 0.4) is 0 Å². The highest BCUT2D eigenvalue weighted by atomic mass is 19.1. The fraction of sp³-hybridized carbons (Fsp3) is 0.333. The zero-order valence-corrected chi connectivity index (χ0v) is 11.4. The van der Waals surface area contributed by atoms with Gasteiger partial charge in [-0.25, -0.2) is 18.7 Å². The van der Waals surface area contributed by atoms with Gasteiger partial charge in [-0.2, -0.15) is 0 Å². The van der Waals surface area contributed by atoms with Crippen molar-refractivity contribution in [1.82, 2.24) is 9.97 Å². The molecule has 2 aromatic rings. The maximum Gasteiger partial charge on any atom is 0.223 e.